The van der Waals surface area contributed by atoms with Gasteiger partial charge < -0.3 is 15.1 Å². The van der Waals surface area contributed by atoms with Gasteiger partial charge in [0.25, 0.3) is 0 Å². The maximum absolute atomic E-state index is 3.80. The second kappa shape index (κ2) is 6.55. The van der Waals surface area contributed by atoms with E-state index in [-0.39, 0.29) is 0 Å². The van der Waals surface area contributed by atoms with E-state index in [9.17, 15) is 0 Å². The topological polar surface area (TPSA) is 18.5 Å². The normalized spacial score (nSPS) is 31.4. The second-order valence-electron chi connectivity index (χ2n) is 8.37. The van der Waals surface area contributed by atoms with Gasteiger partial charge >= 0.3 is 0 Å². The van der Waals surface area contributed by atoms with Gasteiger partial charge in [-0.3, -0.25) is 0 Å². The molecule has 2 saturated carbocycles. The zero-order valence-corrected chi connectivity index (χ0v) is 15.2. The van der Waals surface area contributed by atoms with Crippen LogP contribution in [0.25, 0.3) is 0 Å². The van der Waals surface area contributed by atoms with Crippen molar-refractivity contribution in [1.82, 2.24) is 15.1 Å². The van der Waals surface area contributed by atoms with Gasteiger partial charge in [-0.1, -0.05) is 27.2 Å². The third kappa shape index (κ3) is 3.46. The summed E-state index contributed by atoms with van der Waals surface area (Å²) >= 11 is 0. The molecule has 0 radical (unpaired) electrons. The Kier molecular flexibility index (Phi) is 5.38. The maximum Gasteiger partial charge on any atom is 0.0330 e. The first-order chi connectivity index (χ1) is 9.82. The molecule has 0 spiro atoms. The molecule has 2 aliphatic rings. The van der Waals surface area contributed by atoms with Gasteiger partial charge in [-0.2, -0.15) is 0 Å². The van der Waals surface area contributed by atoms with Crippen LogP contribution in [0.5, 0.6) is 0 Å². The van der Waals surface area contributed by atoms with Crippen molar-refractivity contribution in [2.45, 2.75) is 76.9 Å². The summed E-state index contributed by atoms with van der Waals surface area (Å²) in [6.45, 7) is 9.45. The van der Waals surface area contributed by atoms with Gasteiger partial charge in [0, 0.05) is 24.2 Å². The molecule has 2 rings (SSSR count). The number of nitrogens with one attached hydrogen (secondary N) is 1. The highest BCUT2D eigenvalue weighted by molar-refractivity contribution is 5.02. The molecule has 0 heterocycles. The number of likely N-dealkylation sites (N-methyl/N-ethyl adjacent to an activating group) is 3. The molecular formula is C18H37N3. The van der Waals surface area contributed by atoms with E-state index in [0.717, 1.165) is 6.54 Å². The lowest BCUT2D eigenvalue weighted by Gasteiger charge is -2.53. The highest BCUT2D eigenvalue weighted by Crippen LogP contribution is 2.41. The summed E-state index contributed by atoms with van der Waals surface area (Å²) in [7, 11) is 6.89. The van der Waals surface area contributed by atoms with E-state index in [1.165, 1.54) is 45.1 Å². The minimum absolute atomic E-state index is 0.415. The Morgan fingerprint density at radius 3 is 2.19 bits per heavy atom. The molecule has 2 atom stereocenters. The summed E-state index contributed by atoms with van der Waals surface area (Å²) < 4.78 is 0. The van der Waals surface area contributed by atoms with E-state index in [2.05, 4.69) is 57.0 Å². The molecule has 21 heavy (non-hydrogen) atoms. The molecule has 0 bridgehead atoms. The average Bonchev–Trinajstić information content (AvgIpc) is 2.35. The van der Waals surface area contributed by atoms with Crippen LogP contribution in [0.3, 0.4) is 0 Å². The maximum atomic E-state index is 3.80. The van der Waals surface area contributed by atoms with E-state index >= 15 is 0 Å². The van der Waals surface area contributed by atoms with E-state index in [0.29, 0.717) is 23.0 Å². The molecule has 2 unspecified atom stereocenters. The smallest absolute Gasteiger partial charge is 0.0330 e. The third-order valence-electron chi connectivity index (χ3n) is 6.31. The largest absolute Gasteiger partial charge is 0.312 e. The van der Waals surface area contributed by atoms with Crippen LogP contribution in [-0.2, 0) is 0 Å². The molecule has 0 aromatic heterocycles. The molecule has 0 aromatic carbocycles. The van der Waals surface area contributed by atoms with Crippen LogP contribution in [0, 0.1) is 5.41 Å². The molecule has 2 aliphatic carbocycles. The molecule has 0 amide bonds. The first-order valence-corrected chi connectivity index (χ1v) is 8.93. The van der Waals surface area contributed by atoms with Gasteiger partial charge in [0.1, 0.15) is 0 Å². The molecule has 2 fully saturated rings. The Hall–Kier alpha value is -0.120. The molecule has 124 valence electrons. The Morgan fingerprint density at radius 2 is 1.71 bits per heavy atom. The molecule has 3 heteroatoms. The molecule has 0 saturated heterocycles. The fraction of sp³-hybridized carbons (Fsp3) is 1.00. The van der Waals surface area contributed by atoms with E-state index in [1.54, 1.807) is 0 Å². The SMILES string of the molecule is CCNC1C(N(C)CC2(N(C)C)CCC2)CCCC1(C)C. The number of nitrogens with zero attached hydrogens (tertiary/aromatic N) is 2. The number of rotatable bonds is 6. The van der Waals surface area contributed by atoms with Crippen LogP contribution >= 0.6 is 0 Å². The lowest BCUT2D eigenvalue weighted by molar-refractivity contribution is -0.0109. The molecular weight excluding hydrogens is 258 g/mol. The minimum Gasteiger partial charge on any atom is -0.312 e. The second-order valence-corrected chi connectivity index (χ2v) is 8.37. The summed E-state index contributed by atoms with van der Waals surface area (Å²) in [5, 5.41) is 3.80. The summed E-state index contributed by atoms with van der Waals surface area (Å²) in [6.07, 6.45) is 8.21. The first-order valence-electron chi connectivity index (χ1n) is 8.93. The Labute approximate surface area is 132 Å². The van der Waals surface area contributed by atoms with Crippen molar-refractivity contribution in [3.8, 4) is 0 Å². The molecule has 1 N–H and O–H groups in total. The van der Waals surface area contributed by atoms with Crippen LogP contribution in [0.2, 0.25) is 0 Å². The van der Waals surface area contributed by atoms with Crippen LogP contribution in [-0.4, -0.2) is 61.7 Å². The van der Waals surface area contributed by atoms with Crippen molar-refractivity contribution in [1.29, 1.82) is 0 Å². The number of hydrogen-bond donors (Lipinski definition) is 1. The predicted molar refractivity (Wildman–Crippen MR) is 91.8 cm³/mol. The van der Waals surface area contributed by atoms with Gasteiger partial charge in [-0.25, -0.2) is 0 Å². The standard InChI is InChI=1S/C18H37N3/c1-7-19-16-15(10-8-11-17(16,2)3)21(6)14-18(20(4)5)12-9-13-18/h15-16,19H,7-14H2,1-6H3. The van der Waals surface area contributed by atoms with Crippen molar-refractivity contribution < 1.29 is 0 Å². The summed E-state index contributed by atoms with van der Waals surface area (Å²) in [6, 6.07) is 1.31. The van der Waals surface area contributed by atoms with Crippen molar-refractivity contribution in [3.05, 3.63) is 0 Å². The fourth-order valence-corrected chi connectivity index (χ4v) is 4.63. The lowest BCUT2D eigenvalue weighted by atomic mass is 9.69. The molecule has 0 aliphatic heterocycles. The third-order valence-corrected chi connectivity index (χ3v) is 6.31. The Morgan fingerprint density at radius 1 is 1.05 bits per heavy atom. The minimum atomic E-state index is 0.415. The van der Waals surface area contributed by atoms with Crippen LogP contribution < -0.4 is 5.32 Å². The Balaban J connectivity index is 2.07. The highest BCUT2D eigenvalue weighted by Gasteiger charge is 2.44. The summed E-state index contributed by atoms with van der Waals surface area (Å²) in [4.78, 5) is 5.15. The fourth-order valence-electron chi connectivity index (χ4n) is 4.63. The van der Waals surface area contributed by atoms with Gasteiger partial charge in [-0.15, -0.1) is 0 Å². The number of hydrogen-bond acceptors (Lipinski definition) is 3. The van der Waals surface area contributed by atoms with Crippen molar-refractivity contribution in [2.75, 3.05) is 34.2 Å². The van der Waals surface area contributed by atoms with Gasteiger partial charge in [-0.05, 0) is 65.2 Å². The zero-order chi connectivity index (χ0) is 15.7. The summed E-state index contributed by atoms with van der Waals surface area (Å²) in [5.41, 5.74) is 0.852. The summed E-state index contributed by atoms with van der Waals surface area (Å²) in [5.74, 6) is 0. The molecule has 3 nitrogen and oxygen atoms in total. The molecule has 0 aromatic rings. The van der Waals surface area contributed by atoms with Crippen molar-refractivity contribution >= 4 is 0 Å². The predicted octanol–water partition coefficient (Wildman–Crippen LogP) is 2.96. The monoisotopic (exact) mass is 295 g/mol. The van der Waals surface area contributed by atoms with E-state index in [1.807, 2.05) is 0 Å². The van der Waals surface area contributed by atoms with Crippen LogP contribution in [0.15, 0.2) is 0 Å². The van der Waals surface area contributed by atoms with Crippen LogP contribution in [0.4, 0.5) is 0 Å². The van der Waals surface area contributed by atoms with Gasteiger partial charge in [0.15, 0.2) is 0 Å². The quantitative estimate of drug-likeness (QED) is 0.813. The van der Waals surface area contributed by atoms with E-state index < -0.39 is 0 Å². The van der Waals surface area contributed by atoms with Crippen molar-refractivity contribution in [3.63, 3.8) is 0 Å². The van der Waals surface area contributed by atoms with Gasteiger partial charge in [0.05, 0.1) is 0 Å². The van der Waals surface area contributed by atoms with Gasteiger partial charge in [0.2, 0.25) is 0 Å². The van der Waals surface area contributed by atoms with Crippen molar-refractivity contribution in [2.24, 2.45) is 5.41 Å². The first kappa shape index (κ1) is 17.2. The highest BCUT2D eigenvalue weighted by atomic mass is 15.3. The van der Waals surface area contributed by atoms with Crippen LogP contribution in [0.1, 0.15) is 59.3 Å². The zero-order valence-electron chi connectivity index (χ0n) is 15.2. The average molecular weight is 296 g/mol. The van der Waals surface area contributed by atoms with E-state index in [4.69, 9.17) is 0 Å². The Bertz CT molecular complexity index is 333. The lowest BCUT2D eigenvalue weighted by Crippen LogP contribution is -2.63.